The molecule has 0 bridgehead atoms. The van der Waals surface area contributed by atoms with Gasteiger partial charge >= 0.3 is 6.03 Å². The van der Waals surface area contributed by atoms with E-state index in [0.29, 0.717) is 5.69 Å². The van der Waals surface area contributed by atoms with E-state index in [9.17, 15) is 13.6 Å². The summed E-state index contributed by atoms with van der Waals surface area (Å²) < 4.78 is 26.1. The van der Waals surface area contributed by atoms with E-state index in [-0.39, 0.29) is 11.4 Å². The van der Waals surface area contributed by atoms with Crippen molar-refractivity contribution in [2.24, 2.45) is 0 Å². The van der Waals surface area contributed by atoms with Gasteiger partial charge in [-0.05, 0) is 36.4 Å². The fourth-order valence-corrected chi connectivity index (χ4v) is 1.48. The van der Waals surface area contributed by atoms with E-state index in [1.807, 2.05) is 0 Å². The number of nitrogens with one attached hydrogen (secondary N) is 2. The Morgan fingerprint density at radius 2 is 1.68 bits per heavy atom. The van der Waals surface area contributed by atoms with Crippen LogP contribution in [0.4, 0.5) is 30.6 Å². The van der Waals surface area contributed by atoms with Crippen molar-refractivity contribution < 1.29 is 13.6 Å². The third-order valence-electron chi connectivity index (χ3n) is 2.39. The van der Waals surface area contributed by atoms with Crippen molar-refractivity contribution in [3.8, 4) is 0 Å². The standard InChI is InChI=1S/C13H11F2N3O/c14-8-4-6-9(7-5-8)17-13(19)18-12-10(15)2-1-3-11(12)16/h1-7H,16H2,(H2,17,18,19). The van der Waals surface area contributed by atoms with Gasteiger partial charge in [0.05, 0.1) is 5.69 Å². The summed E-state index contributed by atoms with van der Waals surface area (Å²) in [5.74, 6) is -1.04. The molecule has 0 atom stereocenters. The number of urea groups is 1. The second kappa shape index (κ2) is 5.34. The van der Waals surface area contributed by atoms with E-state index >= 15 is 0 Å². The van der Waals surface area contributed by atoms with Crippen LogP contribution >= 0.6 is 0 Å². The van der Waals surface area contributed by atoms with Crippen molar-refractivity contribution in [2.75, 3.05) is 16.4 Å². The minimum atomic E-state index is -0.664. The average molecular weight is 263 g/mol. The van der Waals surface area contributed by atoms with Gasteiger partial charge in [-0.25, -0.2) is 13.6 Å². The van der Waals surface area contributed by atoms with Gasteiger partial charge in [-0.1, -0.05) is 6.07 Å². The number of carbonyl (C=O) groups is 1. The van der Waals surface area contributed by atoms with Crippen LogP contribution in [0.1, 0.15) is 0 Å². The van der Waals surface area contributed by atoms with Crippen molar-refractivity contribution in [2.45, 2.75) is 0 Å². The number of benzene rings is 2. The van der Waals surface area contributed by atoms with Crippen molar-refractivity contribution in [3.63, 3.8) is 0 Å². The average Bonchev–Trinajstić information content (AvgIpc) is 2.37. The summed E-state index contributed by atoms with van der Waals surface area (Å²) in [6.45, 7) is 0. The normalized spacial score (nSPS) is 10.0. The Balaban J connectivity index is 2.07. The molecule has 0 aliphatic rings. The highest BCUT2D eigenvalue weighted by Crippen LogP contribution is 2.22. The number of nitrogen functional groups attached to an aromatic ring is 1. The highest BCUT2D eigenvalue weighted by molar-refractivity contribution is 6.01. The number of para-hydroxylation sites is 1. The van der Waals surface area contributed by atoms with Gasteiger partial charge in [0.2, 0.25) is 0 Å². The highest BCUT2D eigenvalue weighted by Gasteiger charge is 2.09. The monoisotopic (exact) mass is 263 g/mol. The summed E-state index contributed by atoms with van der Waals surface area (Å²) in [5.41, 5.74) is 5.96. The number of halogens is 2. The fourth-order valence-electron chi connectivity index (χ4n) is 1.48. The number of carbonyl (C=O) groups excluding carboxylic acids is 1. The number of hydrogen-bond acceptors (Lipinski definition) is 2. The molecule has 0 saturated heterocycles. The third kappa shape index (κ3) is 3.19. The zero-order valence-electron chi connectivity index (χ0n) is 9.78. The van der Waals surface area contributed by atoms with E-state index < -0.39 is 17.7 Å². The maximum Gasteiger partial charge on any atom is 0.323 e. The molecule has 0 saturated carbocycles. The predicted octanol–water partition coefficient (Wildman–Crippen LogP) is 3.19. The zero-order valence-corrected chi connectivity index (χ0v) is 9.78. The summed E-state index contributed by atoms with van der Waals surface area (Å²) in [7, 11) is 0. The molecule has 19 heavy (non-hydrogen) atoms. The lowest BCUT2D eigenvalue weighted by Gasteiger charge is -2.10. The van der Waals surface area contributed by atoms with Gasteiger partial charge in [0.15, 0.2) is 0 Å². The molecule has 4 N–H and O–H groups in total. The molecule has 6 heteroatoms. The van der Waals surface area contributed by atoms with Gasteiger partial charge in [0.25, 0.3) is 0 Å². The maximum absolute atomic E-state index is 13.4. The van der Waals surface area contributed by atoms with E-state index in [0.717, 1.165) is 0 Å². The first-order chi connectivity index (χ1) is 9.06. The molecule has 2 aromatic carbocycles. The summed E-state index contributed by atoms with van der Waals surface area (Å²) in [6, 6.07) is 8.61. The van der Waals surface area contributed by atoms with Crippen LogP contribution in [0.2, 0.25) is 0 Å². The Hall–Kier alpha value is -2.63. The van der Waals surface area contributed by atoms with E-state index in [4.69, 9.17) is 5.73 Å². The second-order valence-corrected chi connectivity index (χ2v) is 3.79. The fraction of sp³-hybridized carbons (Fsp3) is 0. The first-order valence-electron chi connectivity index (χ1n) is 5.44. The molecule has 0 spiro atoms. The van der Waals surface area contributed by atoms with Crippen molar-refractivity contribution in [1.82, 2.24) is 0 Å². The number of nitrogens with two attached hydrogens (primary N) is 1. The molecular weight excluding hydrogens is 252 g/mol. The van der Waals surface area contributed by atoms with Crippen LogP contribution in [0, 0.1) is 11.6 Å². The topological polar surface area (TPSA) is 67.1 Å². The number of amides is 2. The number of hydrogen-bond donors (Lipinski definition) is 3. The molecule has 0 radical (unpaired) electrons. The van der Waals surface area contributed by atoms with Crippen molar-refractivity contribution >= 4 is 23.1 Å². The van der Waals surface area contributed by atoms with Gasteiger partial charge in [-0.15, -0.1) is 0 Å². The van der Waals surface area contributed by atoms with E-state index in [1.165, 1.54) is 42.5 Å². The van der Waals surface area contributed by atoms with Crippen LogP contribution in [0.3, 0.4) is 0 Å². The summed E-state index contributed by atoms with van der Waals surface area (Å²) in [6.07, 6.45) is 0. The maximum atomic E-state index is 13.4. The van der Waals surface area contributed by atoms with Crippen LogP contribution in [-0.2, 0) is 0 Å². The molecule has 0 aliphatic heterocycles. The largest absolute Gasteiger partial charge is 0.397 e. The van der Waals surface area contributed by atoms with Gasteiger partial charge in [-0.2, -0.15) is 0 Å². The van der Waals surface area contributed by atoms with Gasteiger partial charge < -0.3 is 16.4 Å². The Kier molecular flexibility index (Phi) is 3.61. The molecule has 2 aromatic rings. The SMILES string of the molecule is Nc1cccc(F)c1NC(=O)Nc1ccc(F)cc1. The summed E-state index contributed by atoms with van der Waals surface area (Å²) in [4.78, 5) is 11.6. The van der Waals surface area contributed by atoms with E-state index in [2.05, 4.69) is 10.6 Å². The van der Waals surface area contributed by atoms with E-state index in [1.54, 1.807) is 0 Å². The van der Waals surface area contributed by atoms with Gasteiger partial charge in [-0.3, -0.25) is 0 Å². The minimum Gasteiger partial charge on any atom is -0.397 e. The van der Waals surface area contributed by atoms with Crippen LogP contribution in [-0.4, -0.2) is 6.03 Å². The first-order valence-corrected chi connectivity index (χ1v) is 5.44. The molecule has 2 rings (SSSR count). The molecule has 2 amide bonds. The number of anilines is 3. The predicted molar refractivity (Wildman–Crippen MR) is 69.9 cm³/mol. The molecule has 98 valence electrons. The van der Waals surface area contributed by atoms with Crippen molar-refractivity contribution in [1.29, 1.82) is 0 Å². The van der Waals surface area contributed by atoms with Crippen LogP contribution in [0.5, 0.6) is 0 Å². The van der Waals surface area contributed by atoms with Crippen LogP contribution in [0.25, 0.3) is 0 Å². The lowest BCUT2D eigenvalue weighted by Crippen LogP contribution is -2.20. The third-order valence-corrected chi connectivity index (χ3v) is 2.39. The smallest absolute Gasteiger partial charge is 0.323 e. The molecule has 0 aliphatic carbocycles. The Morgan fingerprint density at radius 1 is 1.00 bits per heavy atom. The molecule has 0 heterocycles. The first kappa shape index (κ1) is 12.8. The Bertz CT molecular complexity index is 579. The summed E-state index contributed by atoms with van der Waals surface area (Å²) >= 11 is 0. The second-order valence-electron chi connectivity index (χ2n) is 3.79. The Morgan fingerprint density at radius 3 is 2.32 bits per heavy atom. The molecule has 0 fully saturated rings. The molecule has 0 aromatic heterocycles. The van der Waals surface area contributed by atoms with Crippen LogP contribution < -0.4 is 16.4 Å². The quantitative estimate of drug-likeness (QED) is 0.728. The highest BCUT2D eigenvalue weighted by atomic mass is 19.1. The molecule has 0 unspecified atom stereocenters. The van der Waals surface area contributed by atoms with Gasteiger partial charge in [0, 0.05) is 5.69 Å². The summed E-state index contributed by atoms with van der Waals surface area (Å²) in [5, 5.41) is 4.73. The molecular formula is C13H11F2N3O. The molecule has 4 nitrogen and oxygen atoms in total. The zero-order chi connectivity index (χ0) is 13.8. The number of rotatable bonds is 2. The Labute approximate surface area is 108 Å². The lowest BCUT2D eigenvalue weighted by molar-refractivity contribution is 0.262. The lowest BCUT2D eigenvalue weighted by atomic mass is 10.2. The minimum absolute atomic E-state index is 0.0953. The van der Waals surface area contributed by atoms with Crippen molar-refractivity contribution in [3.05, 3.63) is 54.1 Å². The van der Waals surface area contributed by atoms with Crippen LogP contribution in [0.15, 0.2) is 42.5 Å². The van der Waals surface area contributed by atoms with Gasteiger partial charge in [0.1, 0.15) is 17.3 Å².